The van der Waals surface area contributed by atoms with E-state index in [-0.39, 0.29) is 44.0 Å². The number of hydrogen-bond acceptors (Lipinski definition) is 6. The highest BCUT2D eigenvalue weighted by molar-refractivity contribution is 5.71. The lowest BCUT2D eigenvalue weighted by atomic mass is 10.1. The zero-order valence-corrected chi connectivity index (χ0v) is 43.4. The highest BCUT2D eigenvalue weighted by atomic mass is 16.6. The molecule has 0 heterocycles. The van der Waals surface area contributed by atoms with Crippen molar-refractivity contribution in [3.8, 4) is 0 Å². The summed E-state index contributed by atoms with van der Waals surface area (Å²) in [5.41, 5.74) is 0. The Balaban J connectivity index is 4.58. The zero-order chi connectivity index (χ0) is 48.6. The topological polar surface area (TPSA) is 78.9 Å². The molecule has 67 heavy (non-hydrogen) atoms. The Bertz CT molecular complexity index is 1310. The molecule has 0 radical (unpaired) electrons. The van der Waals surface area contributed by atoms with Crippen LogP contribution in [0.3, 0.4) is 0 Å². The summed E-state index contributed by atoms with van der Waals surface area (Å²) in [5.74, 6) is -1.05. The van der Waals surface area contributed by atoms with Crippen molar-refractivity contribution in [1.82, 2.24) is 0 Å². The van der Waals surface area contributed by atoms with Gasteiger partial charge in [0.2, 0.25) is 0 Å². The third-order valence-electron chi connectivity index (χ3n) is 11.2. The molecule has 0 aromatic rings. The van der Waals surface area contributed by atoms with Crippen molar-refractivity contribution in [3.63, 3.8) is 0 Å². The molecule has 0 bridgehead atoms. The number of allylic oxidation sites excluding steroid dienone is 18. The smallest absolute Gasteiger partial charge is 0.306 e. The number of carbonyl (C=O) groups excluding carboxylic acids is 3. The van der Waals surface area contributed by atoms with Gasteiger partial charge in [-0.15, -0.1) is 0 Å². The number of unbranched alkanes of at least 4 members (excludes halogenated alkanes) is 19. The van der Waals surface area contributed by atoms with Crippen molar-refractivity contribution in [3.05, 3.63) is 109 Å². The molecular formula is C61H100O6. The molecule has 0 aromatic heterocycles. The molecule has 0 N–H and O–H groups in total. The van der Waals surface area contributed by atoms with Gasteiger partial charge in [0.05, 0.1) is 0 Å². The molecule has 0 saturated carbocycles. The lowest BCUT2D eigenvalue weighted by Gasteiger charge is -2.18. The van der Waals surface area contributed by atoms with Gasteiger partial charge in [0.1, 0.15) is 13.2 Å². The molecule has 0 aliphatic carbocycles. The van der Waals surface area contributed by atoms with Crippen molar-refractivity contribution >= 4 is 17.9 Å². The van der Waals surface area contributed by atoms with Gasteiger partial charge in [-0.25, -0.2) is 0 Å². The van der Waals surface area contributed by atoms with Crippen molar-refractivity contribution < 1.29 is 28.6 Å². The summed E-state index contributed by atoms with van der Waals surface area (Å²) in [6.45, 7) is 6.47. The van der Waals surface area contributed by atoms with Crippen molar-refractivity contribution in [2.24, 2.45) is 0 Å². The van der Waals surface area contributed by atoms with Gasteiger partial charge in [0.15, 0.2) is 6.10 Å². The monoisotopic (exact) mass is 929 g/mol. The molecule has 0 rings (SSSR count). The fourth-order valence-corrected chi connectivity index (χ4v) is 7.07. The van der Waals surface area contributed by atoms with E-state index in [0.717, 1.165) is 83.5 Å². The maximum atomic E-state index is 12.8. The summed E-state index contributed by atoms with van der Waals surface area (Å²) in [6.07, 6.45) is 73.7. The van der Waals surface area contributed by atoms with Gasteiger partial charge in [-0.3, -0.25) is 14.4 Å². The second-order valence-corrected chi connectivity index (χ2v) is 17.8. The summed E-state index contributed by atoms with van der Waals surface area (Å²) in [6, 6.07) is 0. The molecule has 0 aliphatic rings. The highest BCUT2D eigenvalue weighted by Gasteiger charge is 2.19. The number of hydrogen-bond donors (Lipinski definition) is 0. The van der Waals surface area contributed by atoms with E-state index in [4.69, 9.17) is 14.2 Å². The second kappa shape index (κ2) is 54.7. The van der Waals surface area contributed by atoms with Gasteiger partial charge in [0.25, 0.3) is 0 Å². The quantitative estimate of drug-likeness (QED) is 0.0262. The van der Waals surface area contributed by atoms with Crippen LogP contribution in [-0.4, -0.2) is 37.2 Å². The van der Waals surface area contributed by atoms with E-state index in [9.17, 15) is 14.4 Å². The molecule has 0 fully saturated rings. The fourth-order valence-electron chi connectivity index (χ4n) is 7.07. The third-order valence-corrected chi connectivity index (χ3v) is 11.2. The molecule has 0 amide bonds. The summed E-state index contributed by atoms with van der Waals surface area (Å²) in [4.78, 5) is 38.0. The maximum absolute atomic E-state index is 12.8. The molecule has 380 valence electrons. The Hall–Kier alpha value is -3.93. The van der Waals surface area contributed by atoms with Crippen LogP contribution in [0.25, 0.3) is 0 Å². The summed E-state index contributed by atoms with van der Waals surface area (Å²) >= 11 is 0. The first-order valence-corrected chi connectivity index (χ1v) is 27.4. The molecule has 6 heteroatoms. The van der Waals surface area contributed by atoms with Gasteiger partial charge in [-0.05, 0) is 122 Å². The Kier molecular flexibility index (Phi) is 51.5. The van der Waals surface area contributed by atoms with E-state index in [2.05, 4.69) is 130 Å². The van der Waals surface area contributed by atoms with Crippen LogP contribution in [0.15, 0.2) is 109 Å². The molecule has 0 spiro atoms. The van der Waals surface area contributed by atoms with Gasteiger partial charge < -0.3 is 14.2 Å². The van der Waals surface area contributed by atoms with Crippen molar-refractivity contribution in [1.29, 1.82) is 0 Å². The standard InChI is InChI=1S/C61H100O6/c1-4-7-10-13-16-19-22-25-28-30-33-35-38-41-44-47-50-53-59(62)65-56-58(67-61(64)55-52-49-46-43-40-37-32-27-24-21-18-15-12-9-6-3)57-66-60(63)54-51-48-45-42-39-36-34-31-29-26-23-20-17-14-11-8-5-2/h16-17,19-20,25-29,32-36,41-42,44-45,58H,4-15,18,21-24,30-31,37-40,43,46-57H2,1-3H3/b19-16-,20-17-,28-25-,29-26-,32-27-,35-33-,36-34-,44-41-,45-42-. The molecule has 0 saturated heterocycles. The Morgan fingerprint density at radius 1 is 0.299 bits per heavy atom. The average Bonchev–Trinajstić information content (AvgIpc) is 3.33. The van der Waals surface area contributed by atoms with Crippen molar-refractivity contribution in [2.75, 3.05) is 13.2 Å². The molecule has 0 aromatic carbocycles. The van der Waals surface area contributed by atoms with Crippen LogP contribution in [0, 0.1) is 0 Å². The summed E-state index contributed by atoms with van der Waals surface area (Å²) in [5, 5.41) is 0. The van der Waals surface area contributed by atoms with Gasteiger partial charge in [-0.1, -0.05) is 207 Å². The lowest BCUT2D eigenvalue weighted by Crippen LogP contribution is -2.30. The van der Waals surface area contributed by atoms with Crippen LogP contribution >= 0.6 is 0 Å². The largest absolute Gasteiger partial charge is 0.462 e. The fraction of sp³-hybridized carbons (Fsp3) is 0.656. The van der Waals surface area contributed by atoms with Crippen LogP contribution in [0.1, 0.15) is 239 Å². The number of rotatable bonds is 48. The molecule has 0 aliphatic heterocycles. The average molecular weight is 929 g/mol. The highest BCUT2D eigenvalue weighted by Crippen LogP contribution is 2.12. The van der Waals surface area contributed by atoms with Crippen LogP contribution in [0.4, 0.5) is 0 Å². The minimum Gasteiger partial charge on any atom is -0.462 e. The first-order valence-electron chi connectivity index (χ1n) is 27.4. The van der Waals surface area contributed by atoms with Gasteiger partial charge >= 0.3 is 17.9 Å². The maximum Gasteiger partial charge on any atom is 0.306 e. The van der Waals surface area contributed by atoms with Gasteiger partial charge in [0, 0.05) is 19.3 Å². The first kappa shape index (κ1) is 63.1. The Morgan fingerprint density at radius 2 is 0.552 bits per heavy atom. The molecule has 0 unspecified atom stereocenters. The lowest BCUT2D eigenvalue weighted by molar-refractivity contribution is -0.167. The van der Waals surface area contributed by atoms with E-state index in [1.54, 1.807) is 0 Å². The van der Waals surface area contributed by atoms with E-state index >= 15 is 0 Å². The first-order chi connectivity index (χ1) is 33.0. The second-order valence-electron chi connectivity index (χ2n) is 17.8. The number of carbonyl (C=O) groups is 3. The van der Waals surface area contributed by atoms with Crippen molar-refractivity contribution in [2.45, 2.75) is 245 Å². The predicted octanol–water partition coefficient (Wildman–Crippen LogP) is 18.3. The van der Waals surface area contributed by atoms with E-state index in [0.29, 0.717) is 19.3 Å². The third kappa shape index (κ3) is 52.9. The van der Waals surface area contributed by atoms with Gasteiger partial charge in [-0.2, -0.15) is 0 Å². The van der Waals surface area contributed by atoms with Crippen LogP contribution in [-0.2, 0) is 28.6 Å². The number of ether oxygens (including phenoxy) is 3. The Morgan fingerprint density at radius 3 is 0.925 bits per heavy atom. The van der Waals surface area contributed by atoms with E-state index in [1.165, 1.54) is 103 Å². The molecule has 6 nitrogen and oxygen atoms in total. The van der Waals surface area contributed by atoms with Crippen LogP contribution in [0.2, 0.25) is 0 Å². The van der Waals surface area contributed by atoms with Crippen LogP contribution < -0.4 is 0 Å². The zero-order valence-electron chi connectivity index (χ0n) is 43.4. The summed E-state index contributed by atoms with van der Waals surface area (Å²) in [7, 11) is 0. The number of esters is 3. The molecule has 0 atom stereocenters. The van der Waals surface area contributed by atoms with E-state index in [1.807, 2.05) is 0 Å². The Labute approximate surface area is 412 Å². The molecular weight excluding hydrogens is 829 g/mol. The minimum atomic E-state index is -0.828. The van der Waals surface area contributed by atoms with Crippen LogP contribution in [0.5, 0.6) is 0 Å². The van der Waals surface area contributed by atoms with E-state index < -0.39 is 6.10 Å². The normalized spacial score (nSPS) is 12.5. The predicted molar refractivity (Wildman–Crippen MR) is 288 cm³/mol. The SMILES string of the molecule is CCCCC/C=C\C/C=C\C/C=C\C/C=C\CCCC(=O)OCC(COC(=O)CCC/C=C\C/C=C\C/C=C\C/C=C\CCCCC)OC(=O)CCCCCCC/C=C\CCCCCCCC. The minimum absolute atomic E-state index is 0.128. The summed E-state index contributed by atoms with van der Waals surface area (Å²) < 4.78 is 16.7.